The highest BCUT2D eigenvalue weighted by molar-refractivity contribution is 9.11. The van der Waals surface area contributed by atoms with E-state index in [-0.39, 0.29) is 11.8 Å². The highest BCUT2D eigenvalue weighted by Crippen LogP contribution is 2.31. The first kappa shape index (κ1) is 17.0. The number of thiophene rings is 1. The minimum Gasteiger partial charge on any atom is -0.300 e. The lowest BCUT2D eigenvalue weighted by molar-refractivity contribution is -0.120. The van der Waals surface area contributed by atoms with Gasteiger partial charge in [-0.15, -0.1) is 21.5 Å². The van der Waals surface area contributed by atoms with E-state index in [0.717, 1.165) is 3.79 Å². The predicted octanol–water partition coefficient (Wildman–Crippen LogP) is 2.40. The number of piperidine rings is 1. The molecule has 1 aliphatic rings. The number of carbonyl (C=O) groups excluding carboxylic acids is 1. The van der Waals surface area contributed by atoms with Crippen LogP contribution in [0.5, 0.6) is 0 Å². The first-order valence-corrected chi connectivity index (χ1v) is 10.7. The van der Waals surface area contributed by atoms with Gasteiger partial charge in [0.15, 0.2) is 0 Å². The predicted molar refractivity (Wildman–Crippen MR) is 92.0 cm³/mol. The molecule has 2 aromatic rings. The standard InChI is InChI=1S/C12H13BrN4O3S3/c13-9-1-2-10(22-9)23(19,20)17-5-3-8(4-6-17)11(18)15-12-16-14-7-21-12/h1-2,7-8H,3-6H2,(H,15,16,18). The zero-order chi connectivity index (χ0) is 16.4. The van der Waals surface area contributed by atoms with Crippen LogP contribution < -0.4 is 5.32 Å². The number of amides is 1. The van der Waals surface area contributed by atoms with Gasteiger partial charge < -0.3 is 5.32 Å². The molecule has 124 valence electrons. The Balaban J connectivity index is 1.61. The summed E-state index contributed by atoms with van der Waals surface area (Å²) >= 11 is 5.73. The highest BCUT2D eigenvalue weighted by atomic mass is 79.9. The minimum absolute atomic E-state index is 0.127. The van der Waals surface area contributed by atoms with Gasteiger partial charge in [-0.3, -0.25) is 4.79 Å². The molecule has 0 aromatic carbocycles. The molecule has 1 N–H and O–H groups in total. The molecule has 1 amide bonds. The zero-order valence-corrected chi connectivity index (χ0v) is 15.8. The van der Waals surface area contributed by atoms with Crippen LogP contribution in [0.15, 0.2) is 25.6 Å². The van der Waals surface area contributed by atoms with Gasteiger partial charge in [0, 0.05) is 19.0 Å². The second kappa shape index (κ2) is 6.93. The molecule has 0 radical (unpaired) electrons. The van der Waals surface area contributed by atoms with E-state index in [1.165, 1.54) is 27.0 Å². The Hall–Kier alpha value is -0.880. The molecule has 7 nitrogen and oxygen atoms in total. The molecule has 0 spiro atoms. The summed E-state index contributed by atoms with van der Waals surface area (Å²) in [7, 11) is -3.47. The number of anilines is 1. The summed E-state index contributed by atoms with van der Waals surface area (Å²) in [5.74, 6) is -0.335. The Morgan fingerprint density at radius 1 is 1.35 bits per heavy atom. The lowest BCUT2D eigenvalue weighted by Crippen LogP contribution is -2.41. The van der Waals surface area contributed by atoms with E-state index < -0.39 is 10.0 Å². The number of hydrogen-bond acceptors (Lipinski definition) is 7. The second-order valence-electron chi connectivity index (χ2n) is 4.97. The van der Waals surface area contributed by atoms with Crippen molar-refractivity contribution in [2.45, 2.75) is 17.1 Å². The molecule has 1 fully saturated rings. The molecule has 3 heterocycles. The molecule has 0 saturated carbocycles. The van der Waals surface area contributed by atoms with E-state index in [1.54, 1.807) is 17.6 Å². The fraction of sp³-hybridized carbons (Fsp3) is 0.417. The van der Waals surface area contributed by atoms with Crippen LogP contribution in [-0.4, -0.2) is 41.9 Å². The molecule has 0 unspecified atom stereocenters. The largest absolute Gasteiger partial charge is 0.300 e. The van der Waals surface area contributed by atoms with Crippen LogP contribution in [0.4, 0.5) is 5.13 Å². The van der Waals surface area contributed by atoms with Gasteiger partial charge in [-0.1, -0.05) is 11.3 Å². The maximum atomic E-state index is 12.5. The normalized spacial score (nSPS) is 17.3. The average molecular weight is 437 g/mol. The molecular formula is C12H13BrN4O3S3. The number of hydrogen-bond donors (Lipinski definition) is 1. The van der Waals surface area contributed by atoms with Crippen LogP contribution >= 0.6 is 38.6 Å². The topological polar surface area (TPSA) is 92.3 Å². The van der Waals surface area contributed by atoms with Crippen molar-refractivity contribution in [2.24, 2.45) is 5.92 Å². The lowest BCUT2D eigenvalue weighted by atomic mass is 9.97. The van der Waals surface area contributed by atoms with Crippen LogP contribution in [0.2, 0.25) is 0 Å². The van der Waals surface area contributed by atoms with Gasteiger partial charge in [0.05, 0.1) is 3.79 Å². The van der Waals surface area contributed by atoms with Crippen molar-refractivity contribution in [3.05, 3.63) is 21.4 Å². The summed E-state index contributed by atoms with van der Waals surface area (Å²) in [6.45, 7) is 0.679. The third-order valence-corrected chi connectivity index (χ3v) is 8.15. The molecule has 1 saturated heterocycles. The second-order valence-corrected chi connectivity index (χ2v) is 10.4. The van der Waals surface area contributed by atoms with Gasteiger partial charge in [-0.05, 0) is 40.9 Å². The van der Waals surface area contributed by atoms with Crippen molar-refractivity contribution < 1.29 is 13.2 Å². The summed E-state index contributed by atoms with van der Waals surface area (Å²) in [6, 6.07) is 3.32. The van der Waals surface area contributed by atoms with Crippen molar-refractivity contribution in [3.63, 3.8) is 0 Å². The fourth-order valence-electron chi connectivity index (χ4n) is 2.36. The van der Waals surface area contributed by atoms with Crippen LogP contribution in [0.25, 0.3) is 0 Å². The van der Waals surface area contributed by atoms with Crippen molar-refractivity contribution in [3.8, 4) is 0 Å². The van der Waals surface area contributed by atoms with Crippen LogP contribution in [0.1, 0.15) is 12.8 Å². The Bertz CT molecular complexity index is 782. The number of sulfonamides is 1. The van der Waals surface area contributed by atoms with Gasteiger partial charge in [-0.25, -0.2) is 8.42 Å². The maximum absolute atomic E-state index is 12.5. The monoisotopic (exact) mass is 436 g/mol. The Labute approximate surface area is 149 Å². The molecule has 0 aliphatic carbocycles. The van der Waals surface area contributed by atoms with Gasteiger partial charge >= 0.3 is 0 Å². The van der Waals surface area contributed by atoms with Gasteiger partial charge in [-0.2, -0.15) is 4.31 Å². The molecule has 2 aromatic heterocycles. The van der Waals surface area contributed by atoms with Gasteiger partial charge in [0.25, 0.3) is 10.0 Å². The Morgan fingerprint density at radius 3 is 2.65 bits per heavy atom. The number of carbonyl (C=O) groups is 1. The maximum Gasteiger partial charge on any atom is 0.252 e. The van der Waals surface area contributed by atoms with E-state index in [1.807, 2.05) is 0 Å². The first-order chi connectivity index (χ1) is 11.0. The van der Waals surface area contributed by atoms with E-state index >= 15 is 0 Å². The molecule has 11 heteroatoms. The molecule has 0 atom stereocenters. The SMILES string of the molecule is O=C(Nc1nncs1)C1CCN(S(=O)(=O)c2ccc(Br)s2)CC1. The average Bonchev–Trinajstić information content (AvgIpc) is 3.19. The van der Waals surface area contributed by atoms with Crippen LogP contribution in [0, 0.1) is 5.92 Å². The third kappa shape index (κ3) is 3.79. The summed E-state index contributed by atoms with van der Waals surface area (Å²) in [5, 5.41) is 10.6. The van der Waals surface area contributed by atoms with Crippen molar-refractivity contribution in [1.29, 1.82) is 0 Å². The smallest absolute Gasteiger partial charge is 0.252 e. The number of halogens is 1. The Morgan fingerprint density at radius 2 is 2.09 bits per heavy atom. The van der Waals surface area contributed by atoms with Gasteiger partial charge in [0.2, 0.25) is 11.0 Å². The van der Waals surface area contributed by atoms with Gasteiger partial charge in [0.1, 0.15) is 9.72 Å². The van der Waals surface area contributed by atoms with Crippen molar-refractivity contribution in [1.82, 2.24) is 14.5 Å². The van der Waals surface area contributed by atoms with Crippen molar-refractivity contribution in [2.75, 3.05) is 18.4 Å². The molecule has 1 aliphatic heterocycles. The first-order valence-electron chi connectivity index (χ1n) is 6.79. The van der Waals surface area contributed by atoms with E-state index in [2.05, 4.69) is 31.4 Å². The molecular weight excluding hydrogens is 424 g/mol. The van der Waals surface area contributed by atoms with E-state index in [0.29, 0.717) is 35.3 Å². The number of rotatable bonds is 4. The minimum atomic E-state index is -3.47. The summed E-state index contributed by atoms with van der Waals surface area (Å²) in [4.78, 5) is 12.2. The number of aromatic nitrogens is 2. The fourth-order valence-corrected chi connectivity index (χ4v) is 6.44. The summed E-state index contributed by atoms with van der Waals surface area (Å²) in [5.41, 5.74) is 1.55. The van der Waals surface area contributed by atoms with Crippen molar-refractivity contribution >= 4 is 59.7 Å². The summed E-state index contributed by atoms with van der Waals surface area (Å²) < 4.78 is 27.6. The quantitative estimate of drug-likeness (QED) is 0.793. The third-order valence-electron chi connectivity index (χ3n) is 3.56. The van der Waals surface area contributed by atoms with Crippen LogP contribution in [-0.2, 0) is 14.8 Å². The number of nitrogens with one attached hydrogen (secondary N) is 1. The molecule has 3 rings (SSSR count). The van der Waals surface area contributed by atoms with Crippen LogP contribution in [0.3, 0.4) is 0 Å². The van der Waals surface area contributed by atoms with E-state index in [9.17, 15) is 13.2 Å². The Kier molecular flexibility index (Phi) is 5.11. The number of nitrogens with zero attached hydrogens (tertiary/aromatic N) is 3. The summed E-state index contributed by atoms with van der Waals surface area (Å²) in [6.07, 6.45) is 0.993. The van der Waals surface area contributed by atoms with E-state index in [4.69, 9.17) is 0 Å². The zero-order valence-electron chi connectivity index (χ0n) is 11.8. The molecule has 0 bridgehead atoms. The lowest BCUT2D eigenvalue weighted by Gasteiger charge is -2.29. The highest BCUT2D eigenvalue weighted by Gasteiger charge is 2.33. The molecule has 23 heavy (non-hydrogen) atoms.